The van der Waals surface area contributed by atoms with Gasteiger partial charge in [0.15, 0.2) is 5.96 Å². The molecule has 0 atom stereocenters. The molecule has 1 heterocycles. The zero-order valence-corrected chi connectivity index (χ0v) is 13.9. The summed E-state index contributed by atoms with van der Waals surface area (Å²) in [5.41, 5.74) is 0.591. The van der Waals surface area contributed by atoms with Gasteiger partial charge in [0.1, 0.15) is 0 Å². The van der Waals surface area contributed by atoms with E-state index in [2.05, 4.69) is 32.6 Å². The molecule has 0 aliphatic rings. The van der Waals surface area contributed by atoms with Gasteiger partial charge in [-0.2, -0.15) is 18.3 Å². The largest absolute Gasteiger partial charge is 0.416 e. The molecule has 25 heavy (non-hydrogen) atoms. The van der Waals surface area contributed by atoms with Crippen LogP contribution < -0.4 is 10.6 Å². The van der Waals surface area contributed by atoms with Crippen molar-refractivity contribution in [2.45, 2.75) is 12.7 Å². The van der Waals surface area contributed by atoms with Crippen molar-refractivity contribution in [1.82, 2.24) is 20.4 Å². The minimum Gasteiger partial charge on any atom is -0.351 e. The Morgan fingerprint density at radius 2 is 2.08 bits per heavy atom. The maximum atomic E-state index is 12.6. The summed E-state index contributed by atoms with van der Waals surface area (Å²) in [6.07, 6.45) is -2.67. The van der Waals surface area contributed by atoms with Crippen molar-refractivity contribution in [3.63, 3.8) is 0 Å². The molecule has 0 unspecified atom stereocenters. The molecule has 0 aliphatic carbocycles. The predicted molar refractivity (Wildman–Crippen MR) is 89.7 cm³/mol. The molecule has 1 aromatic heterocycles. The summed E-state index contributed by atoms with van der Waals surface area (Å²) in [5, 5.41) is 10.1. The van der Waals surface area contributed by atoms with Crippen molar-refractivity contribution in [2.75, 3.05) is 13.6 Å². The van der Waals surface area contributed by atoms with Crippen LogP contribution in [0.1, 0.15) is 16.8 Å². The van der Waals surface area contributed by atoms with Crippen molar-refractivity contribution < 1.29 is 13.2 Å². The number of aromatic nitrogens is 2. The Morgan fingerprint density at radius 3 is 2.72 bits per heavy atom. The van der Waals surface area contributed by atoms with E-state index >= 15 is 0 Å². The van der Waals surface area contributed by atoms with E-state index in [1.54, 1.807) is 17.9 Å². The molecule has 2 aromatic rings. The quantitative estimate of drug-likeness (QED) is 0.507. The van der Waals surface area contributed by atoms with Crippen molar-refractivity contribution in [2.24, 2.45) is 12.0 Å². The smallest absolute Gasteiger partial charge is 0.351 e. The summed E-state index contributed by atoms with van der Waals surface area (Å²) in [7, 11) is 3.46. The summed E-state index contributed by atoms with van der Waals surface area (Å²) in [6, 6.07) is 6.82. The Balaban J connectivity index is 1.87. The molecule has 5 nitrogen and oxygen atoms in total. The van der Waals surface area contributed by atoms with Gasteiger partial charge in [-0.15, -0.1) is 0 Å². The number of alkyl halides is 3. The highest BCUT2D eigenvalue weighted by molar-refractivity contribution is 5.79. The monoisotopic (exact) mass is 349 g/mol. The number of nitrogens with one attached hydrogen (secondary N) is 2. The molecular formula is C17H18F3N5. The third kappa shape index (κ3) is 5.57. The molecule has 8 heteroatoms. The molecular weight excluding hydrogens is 331 g/mol. The van der Waals surface area contributed by atoms with Gasteiger partial charge in [0.25, 0.3) is 0 Å². The van der Waals surface area contributed by atoms with Crippen LogP contribution in [0.5, 0.6) is 0 Å². The first-order valence-corrected chi connectivity index (χ1v) is 7.47. The Hall–Kier alpha value is -2.95. The van der Waals surface area contributed by atoms with Gasteiger partial charge in [0.05, 0.1) is 24.3 Å². The van der Waals surface area contributed by atoms with Crippen molar-refractivity contribution in [1.29, 1.82) is 0 Å². The zero-order valence-electron chi connectivity index (χ0n) is 13.9. The van der Waals surface area contributed by atoms with E-state index in [9.17, 15) is 13.2 Å². The van der Waals surface area contributed by atoms with Gasteiger partial charge < -0.3 is 10.6 Å². The Kier molecular flexibility index (Phi) is 6.06. The molecule has 2 N–H and O–H groups in total. The van der Waals surface area contributed by atoms with Gasteiger partial charge in [-0.25, -0.2) is 0 Å². The third-order valence-corrected chi connectivity index (χ3v) is 3.35. The van der Waals surface area contributed by atoms with Crippen LogP contribution in [-0.4, -0.2) is 29.3 Å². The normalized spacial score (nSPS) is 11.6. The van der Waals surface area contributed by atoms with Gasteiger partial charge >= 0.3 is 6.18 Å². The topological polar surface area (TPSA) is 54.2 Å². The highest BCUT2D eigenvalue weighted by atomic mass is 19.4. The number of benzene rings is 1. The van der Waals surface area contributed by atoms with Gasteiger partial charge in [-0.05, 0) is 24.3 Å². The van der Waals surface area contributed by atoms with E-state index in [-0.39, 0.29) is 6.54 Å². The predicted octanol–water partition coefficient (Wildman–Crippen LogP) is 2.16. The lowest BCUT2D eigenvalue weighted by Gasteiger charge is -2.09. The molecule has 0 bridgehead atoms. The number of guanidine groups is 1. The number of aryl methyl sites for hydroxylation is 1. The maximum absolute atomic E-state index is 12.6. The Bertz CT molecular complexity index is 796. The van der Waals surface area contributed by atoms with E-state index in [1.165, 1.54) is 12.1 Å². The van der Waals surface area contributed by atoms with Gasteiger partial charge in [-0.1, -0.05) is 17.9 Å². The molecule has 0 spiro atoms. The van der Waals surface area contributed by atoms with Gasteiger partial charge in [0.2, 0.25) is 0 Å². The van der Waals surface area contributed by atoms with Crippen LogP contribution in [0.3, 0.4) is 0 Å². The number of hydrogen-bond donors (Lipinski definition) is 2. The molecule has 2 rings (SSSR count). The second-order valence-corrected chi connectivity index (χ2v) is 5.11. The first-order chi connectivity index (χ1) is 11.9. The lowest BCUT2D eigenvalue weighted by Crippen LogP contribution is -2.37. The van der Waals surface area contributed by atoms with Gasteiger partial charge in [0, 0.05) is 25.9 Å². The number of halogens is 3. The minimum atomic E-state index is -4.37. The molecule has 1 aromatic carbocycles. The standard InChI is InChI=1S/C17H18F3N5/c1-21-16(23-12-15-8-10-24-25(15)2)22-9-4-6-13-5-3-7-14(11-13)17(18,19)20/h3,5,7-8,10-11H,9,12H2,1-2H3,(H2,21,22,23). The van der Waals surface area contributed by atoms with Crippen molar-refractivity contribution in [3.8, 4) is 11.8 Å². The van der Waals surface area contributed by atoms with E-state index in [0.29, 0.717) is 18.1 Å². The van der Waals surface area contributed by atoms with Crippen LogP contribution in [0, 0.1) is 11.8 Å². The number of hydrogen-bond acceptors (Lipinski definition) is 2. The van der Waals surface area contributed by atoms with E-state index in [0.717, 1.165) is 17.8 Å². The second-order valence-electron chi connectivity index (χ2n) is 5.11. The number of nitrogens with zero attached hydrogens (tertiary/aromatic N) is 3. The number of aliphatic imine (C=N–C) groups is 1. The average molecular weight is 349 g/mol. The SMILES string of the molecule is CN=C(NCC#Cc1cccc(C(F)(F)F)c1)NCc1ccnn1C. The summed E-state index contributed by atoms with van der Waals surface area (Å²) in [6.45, 7) is 0.790. The first-order valence-electron chi connectivity index (χ1n) is 7.47. The lowest BCUT2D eigenvalue weighted by atomic mass is 10.1. The van der Waals surface area contributed by atoms with Gasteiger partial charge in [-0.3, -0.25) is 9.67 Å². The lowest BCUT2D eigenvalue weighted by molar-refractivity contribution is -0.137. The number of rotatable bonds is 3. The second kappa shape index (κ2) is 8.24. The summed E-state index contributed by atoms with van der Waals surface area (Å²) in [5.74, 6) is 6.03. The molecule has 132 valence electrons. The Morgan fingerprint density at radius 1 is 1.28 bits per heavy atom. The summed E-state index contributed by atoms with van der Waals surface area (Å²) in [4.78, 5) is 4.06. The summed E-state index contributed by atoms with van der Waals surface area (Å²) < 4.78 is 39.7. The zero-order chi connectivity index (χ0) is 18.3. The third-order valence-electron chi connectivity index (χ3n) is 3.35. The maximum Gasteiger partial charge on any atom is 0.416 e. The van der Waals surface area contributed by atoms with Crippen LogP contribution in [-0.2, 0) is 19.8 Å². The molecule has 0 amide bonds. The fourth-order valence-corrected chi connectivity index (χ4v) is 2.02. The van der Waals surface area contributed by atoms with Crippen LogP contribution >= 0.6 is 0 Å². The van der Waals surface area contributed by atoms with E-state index < -0.39 is 11.7 Å². The van der Waals surface area contributed by atoms with Crippen LogP contribution in [0.4, 0.5) is 13.2 Å². The van der Waals surface area contributed by atoms with Crippen LogP contribution in [0.15, 0.2) is 41.5 Å². The highest BCUT2D eigenvalue weighted by Gasteiger charge is 2.30. The fourth-order valence-electron chi connectivity index (χ4n) is 2.02. The molecule has 0 radical (unpaired) electrons. The van der Waals surface area contributed by atoms with Crippen LogP contribution in [0.2, 0.25) is 0 Å². The minimum absolute atomic E-state index is 0.251. The fraction of sp³-hybridized carbons (Fsp3) is 0.294. The first kappa shape index (κ1) is 18.4. The Labute approximate surface area is 144 Å². The molecule has 0 fully saturated rings. The van der Waals surface area contributed by atoms with Crippen molar-refractivity contribution in [3.05, 3.63) is 53.3 Å². The highest BCUT2D eigenvalue weighted by Crippen LogP contribution is 2.29. The van der Waals surface area contributed by atoms with E-state index in [1.807, 2.05) is 13.1 Å². The molecule has 0 saturated carbocycles. The molecule has 0 saturated heterocycles. The summed E-state index contributed by atoms with van der Waals surface area (Å²) >= 11 is 0. The molecule has 0 aliphatic heterocycles. The average Bonchev–Trinajstić information content (AvgIpc) is 2.99. The van der Waals surface area contributed by atoms with E-state index in [4.69, 9.17) is 0 Å². The van der Waals surface area contributed by atoms with Crippen molar-refractivity contribution >= 4 is 5.96 Å². The van der Waals surface area contributed by atoms with Crippen LogP contribution in [0.25, 0.3) is 0 Å².